The Kier molecular flexibility index (Phi) is 1.35. The van der Waals surface area contributed by atoms with Crippen LogP contribution < -0.4 is 0 Å². The first-order chi connectivity index (χ1) is 5.40. The highest BCUT2D eigenvalue weighted by atomic mass is 15.5. The fraction of sp³-hybridized carbons (Fsp3) is 0.571. The van der Waals surface area contributed by atoms with Crippen LogP contribution in [0.5, 0.6) is 0 Å². The van der Waals surface area contributed by atoms with Gasteiger partial charge in [-0.2, -0.15) is 20.3 Å². The average Bonchev–Trinajstić information content (AvgIpc) is 2.37. The van der Waals surface area contributed by atoms with Crippen LogP contribution in [0.2, 0.25) is 0 Å². The predicted molar refractivity (Wildman–Crippen MR) is 36.2 cm³/mol. The zero-order chi connectivity index (χ0) is 7.68. The summed E-state index contributed by atoms with van der Waals surface area (Å²) in [5, 5.41) is 16.3. The SMILES string of the molecule is N#CC1CC(n2n[c]cn2)C1. The van der Waals surface area contributed by atoms with Crippen molar-refractivity contribution >= 4 is 0 Å². The van der Waals surface area contributed by atoms with Gasteiger partial charge in [0.2, 0.25) is 0 Å². The van der Waals surface area contributed by atoms with Gasteiger partial charge in [-0.1, -0.05) is 0 Å². The third kappa shape index (κ3) is 0.984. The summed E-state index contributed by atoms with van der Waals surface area (Å²) in [5.74, 6) is 0.214. The van der Waals surface area contributed by atoms with Gasteiger partial charge in [0, 0.05) is 0 Å². The van der Waals surface area contributed by atoms with Crippen molar-refractivity contribution in [2.45, 2.75) is 18.9 Å². The van der Waals surface area contributed by atoms with Gasteiger partial charge in [0.1, 0.15) is 6.20 Å². The average molecular weight is 147 g/mol. The summed E-state index contributed by atoms with van der Waals surface area (Å²) in [4.78, 5) is 1.63. The van der Waals surface area contributed by atoms with E-state index in [9.17, 15) is 0 Å². The molecule has 1 saturated carbocycles. The van der Waals surface area contributed by atoms with Crippen LogP contribution in [0.15, 0.2) is 6.20 Å². The fourth-order valence-corrected chi connectivity index (χ4v) is 1.25. The van der Waals surface area contributed by atoms with Crippen molar-refractivity contribution in [3.63, 3.8) is 0 Å². The molecule has 1 fully saturated rings. The first kappa shape index (κ1) is 6.35. The van der Waals surface area contributed by atoms with Crippen molar-refractivity contribution < 1.29 is 0 Å². The molecule has 4 heteroatoms. The maximum atomic E-state index is 8.49. The predicted octanol–water partition coefficient (Wildman–Crippen LogP) is 0.553. The third-order valence-electron chi connectivity index (χ3n) is 2.02. The van der Waals surface area contributed by atoms with Gasteiger partial charge < -0.3 is 0 Å². The molecule has 0 spiro atoms. The van der Waals surface area contributed by atoms with E-state index in [-0.39, 0.29) is 5.92 Å². The summed E-state index contributed by atoms with van der Waals surface area (Å²) in [5.41, 5.74) is 0. The van der Waals surface area contributed by atoms with Gasteiger partial charge >= 0.3 is 0 Å². The van der Waals surface area contributed by atoms with Crippen molar-refractivity contribution in [1.82, 2.24) is 15.0 Å². The van der Waals surface area contributed by atoms with E-state index in [1.165, 1.54) is 0 Å². The van der Waals surface area contributed by atoms with E-state index >= 15 is 0 Å². The molecular formula is C7H7N4. The highest BCUT2D eigenvalue weighted by molar-refractivity contribution is 4.95. The molecule has 0 saturated heterocycles. The monoisotopic (exact) mass is 147 g/mol. The minimum absolute atomic E-state index is 0.214. The van der Waals surface area contributed by atoms with Crippen LogP contribution in [0.4, 0.5) is 0 Å². The molecule has 1 heterocycles. The van der Waals surface area contributed by atoms with Gasteiger partial charge in [0.05, 0.1) is 24.2 Å². The molecule has 1 aromatic heterocycles. The van der Waals surface area contributed by atoms with Crippen LogP contribution in [0, 0.1) is 23.4 Å². The lowest BCUT2D eigenvalue weighted by atomic mass is 9.82. The van der Waals surface area contributed by atoms with Crippen LogP contribution in [0.1, 0.15) is 18.9 Å². The summed E-state index contributed by atoms with van der Waals surface area (Å²) in [6, 6.07) is 2.55. The third-order valence-corrected chi connectivity index (χ3v) is 2.02. The van der Waals surface area contributed by atoms with Crippen LogP contribution in [-0.2, 0) is 0 Å². The standard InChI is InChI=1S/C7H7N4/c8-5-6-3-7(4-6)11-9-1-2-10-11/h1,6-7H,3-4H2. The molecule has 0 amide bonds. The molecule has 55 valence electrons. The topological polar surface area (TPSA) is 54.5 Å². The smallest absolute Gasteiger partial charge is 0.134 e. The van der Waals surface area contributed by atoms with Gasteiger partial charge in [0.15, 0.2) is 0 Å². The Balaban J connectivity index is 1.99. The van der Waals surface area contributed by atoms with E-state index in [2.05, 4.69) is 22.5 Å². The number of nitrogens with zero attached hydrogens (tertiary/aromatic N) is 4. The molecule has 1 radical (unpaired) electrons. The number of hydrogen-bond acceptors (Lipinski definition) is 3. The quantitative estimate of drug-likeness (QED) is 0.583. The van der Waals surface area contributed by atoms with E-state index < -0.39 is 0 Å². The van der Waals surface area contributed by atoms with Crippen molar-refractivity contribution in [3.8, 4) is 6.07 Å². The van der Waals surface area contributed by atoms with Crippen LogP contribution in [0.3, 0.4) is 0 Å². The lowest BCUT2D eigenvalue weighted by Gasteiger charge is -2.29. The number of aromatic nitrogens is 3. The Morgan fingerprint density at radius 3 is 3.00 bits per heavy atom. The van der Waals surface area contributed by atoms with Crippen LogP contribution >= 0.6 is 0 Å². The molecule has 1 aromatic rings. The van der Waals surface area contributed by atoms with Gasteiger partial charge in [-0.25, -0.2) is 0 Å². The fourth-order valence-electron chi connectivity index (χ4n) is 1.25. The van der Waals surface area contributed by atoms with Crippen molar-refractivity contribution in [1.29, 1.82) is 5.26 Å². The van der Waals surface area contributed by atoms with E-state index in [1.54, 1.807) is 11.0 Å². The molecule has 1 aliphatic carbocycles. The summed E-state index contributed by atoms with van der Waals surface area (Å²) in [6.45, 7) is 0. The van der Waals surface area contributed by atoms with Crippen LogP contribution in [-0.4, -0.2) is 15.0 Å². The normalized spacial score (nSPS) is 29.0. The van der Waals surface area contributed by atoms with Crippen molar-refractivity contribution in [2.75, 3.05) is 0 Å². The lowest BCUT2D eigenvalue weighted by Crippen LogP contribution is -2.27. The molecule has 0 unspecified atom stereocenters. The molecule has 2 rings (SSSR count). The largest absolute Gasteiger partial charge is 0.198 e. The second kappa shape index (κ2) is 2.35. The lowest BCUT2D eigenvalue weighted by molar-refractivity contribution is 0.209. The molecule has 4 nitrogen and oxygen atoms in total. The summed E-state index contributed by atoms with van der Waals surface area (Å²) in [7, 11) is 0. The van der Waals surface area contributed by atoms with Crippen molar-refractivity contribution in [3.05, 3.63) is 12.4 Å². The Hall–Kier alpha value is -1.37. The molecule has 1 aliphatic rings. The summed E-state index contributed by atoms with van der Waals surface area (Å²) < 4.78 is 0. The van der Waals surface area contributed by atoms with Gasteiger partial charge in [-0.05, 0) is 12.8 Å². The van der Waals surface area contributed by atoms with Crippen molar-refractivity contribution in [2.24, 2.45) is 5.92 Å². The van der Waals surface area contributed by atoms with E-state index in [4.69, 9.17) is 5.26 Å². The molecule has 0 atom stereocenters. The molecule has 0 aliphatic heterocycles. The van der Waals surface area contributed by atoms with E-state index in [1.807, 2.05) is 0 Å². The van der Waals surface area contributed by atoms with Gasteiger partial charge in [-0.15, -0.1) is 0 Å². The molecule has 0 aromatic carbocycles. The Labute approximate surface area is 64.4 Å². The number of rotatable bonds is 1. The first-order valence-corrected chi connectivity index (χ1v) is 3.57. The Morgan fingerprint density at radius 2 is 2.45 bits per heavy atom. The van der Waals surface area contributed by atoms with E-state index in [0.717, 1.165) is 12.8 Å². The maximum Gasteiger partial charge on any atom is 0.134 e. The zero-order valence-electron chi connectivity index (χ0n) is 5.94. The minimum Gasteiger partial charge on any atom is -0.198 e. The summed E-state index contributed by atoms with van der Waals surface area (Å²) in [6.07, 6.45) is 5.95. The van der Waals surface area contributed by atoms with Crippen LogP contribution in [0.25, 0.3) is 0 Å². The summed E-state index contributed by atoms with van der Waals surface area (Å²) >= 11 is 0. The molecular weight excluding hydrogens is 140 g/mol. The molecule has 0 bridgehead atoms. The molecule has 0 N–H and O–H groups in total. The van der Waals surface area contributed by atoms with E-state index in [0.29, 0.717) is 6.04 Å². The number of hydrogen-bond donors (Lipinski definition) is 0. The zero-order valence-corrected chi connectivity index (χ0v) is 5.94. The molecule has 11 heavy (non-hydrogen) atoms. The Morgan fingerprint density at radius 1 is 1.64 bits per heavy atom. The second-order valence-corrected chi connectivity index (χ2v) is 2.75. The highest BCUT2D eigenvalue weighted by Gasteiger charge is 2.31. The number of nitriles is 1. The van der Waals surface area contributed by atoms with Gasteiger partial charge in [0.25, 0.3) is 0 Å². The maximum absolute atomic E-state index is 8.49. The Bertz CT molecular complexity index is 265. The highest BCUT2D eigenvalue weighted by Crippen LogP contribution is 2.35. The van der Waals surface area contributed by atoms with Gasteiger partial charge in [-0.3, -0.25) is 0 Å². The second-order valence-electron chi connectivity index (χ2n) is 2.75. The first-order valence-electron chi connectivity index (χ1n) is 3.57. The minimum atomic E-state index is 0.214.